The molecule has 0 aliphatic rings. The molecule has 0 rings (SSSR count). The zero-order valence-electron chi connectivity index (χ0n) is 12.4. The van der Waals surface area contributed by atoms with Crippen LogP contribution in [0.3, 0.4) is 0 Å². The van der Waals surface area contributed by atoms with Gasteiger partial charge in [-0.2, -0.15) is 0 Å². The monoisotopic (exact) mass is 259 g/mol. The molecule has 0 aromatic heterocycles. The van der Waals surface area contributed by atoms with Crippen LogP contribution >= 0.6 is 0 Å². The number of ether oxygens (including phenoxy) is 2. The molecule has 0 spiro atoms. The lowest BCUT2D eigenvalue weighted by atomic mass is 10.00. The molecular weight excluding hydrogens is 234 g/mol. The van der Waals surface area contributed by atoms with Gasteiger partial charge in [-0.3, -0.25) is 4.79 Å². The van der Waals surface area contributed by atoms with E-state index in [2.05, 4.69) is 4.74 Å². The van der Waals surface area contributed by atoms with Gasteiger partial charge in [0.05, 0.1) is 13.5 Å². The van der Waals surface area contributed by atoms with Crippen molar-refractivity contribution in [2.45, 2.75) is 52.7 Å². The quantitative estimate of drug-likeness (QED) is 0.728. The Morgan fingerprint density at radius 1 is 1.22 bits per heavy atom. The lowest BCUT2D eigenvalue weighted by Gasteiger charge is -2.32. The Labute approximate surface area is 109 Å². The van der Waals surface area contributed by atoms with Gasteiger partial charge >= 0.3 is 12.1 Å². The first kappa shape index (κ1) is 16.7. The van der Waals surface area contributed by atoms with Crippen LogP contribution in [0.4, 0.5) is 4.79 Å². The Balaban J connectivity index is 4.71. The fraction of sp³-hybridized carbons (Fsp3) is 0.846. The van der Waals surface area contributed by atoms with Gasteiger partial charge < -0.3 is 14.4 Å². The summed E-state index contributed by atoms with van der Waals surface area (Å²) >= 11 is 0. The van der Waals surface area contributed by atoms with E-state index in [1.54, 1.807) is 7.05 Å². The molecule has 0 radical (unpaired) electrons. The highest BCUT2D eigenvalue weighted by molar-refractivity contribution is 5.72. The number of hydrogen-bond acceptors (Lipinski definition) is 4. The van der Waals surface area contributed by atoms with Gasteiger partial charge in [-0.15, -0.1) is 0 Å². The van der Waals surface area contributed by atoms with Gasteiger partial charge in [-0.1, -0.05) is 13.8 Å². The Bertz CT molecular complexity index is 294. The van der Waals surface area contributed by atoms with Crippen LogP contribution in [0.2, 0.25) is 0 Å². The Morgan fingerprint density at radius 2 is 1.72 bits per heavy atom. The number of methoxy groups -OCH3 is 1. The van der Waals surface area contributed by atoms with Gasteiger partial charge in [0.2, 0.25) is 0 Å². The second-order valence-corrected chi connectivity index (χ2v) is 5.68. The van der Waals surface area contributed by atoms with Crippen molar-refractivity contribution >= 4 is 12.1 Å². The molecule has 0 aliphatic heterocycles. The number of rotatable bonds is 4. The van der Waals surface area contributed by atoms with Crippen molar-refractivity contribution in [2.24, 2.45) is 5.92 Å². The molecule has 1 amide bonds. The SMILES string of the molecule is COC(=O)C[C@H](C(C)C)N(C)C(=O)OC(C)(C)C. The lowest BCUT2D eigenvalue weighted by molar-refractivity contribution is -0.142. The molecule has 0 fully saturated rings. The Hall–Kier alpha value is -1.26. The van der Waals surface area contributed by atoms with Crippen molar-refractivity contribution in [3.05, 3.63) is 0 Å². The third kappa shape index (κ3) is 5.89. The maximum Gasteiger partial charge on any atom is 0.410 e. The summed E-state index contributed by atoms with van der Waals surface area (Å²) in [7, 11) is 2.98. The van der Waals surface area contributed by atoms with Crippen molar-refractivity contribution in [1.29, 1.82) is 0 Å². The second-order valence-electron chi connectivity index (χ2n) is 5.68. The molecule has 0 saturated heterocycles. The molecule has 18 heavy (non-hydrogen) atoms. The summed E-state index contributed by atoms with van der Waals surface area (Å²) in [4.78, 5) is 24.7. The minimum Gasteiger partial charge on any atom is -0.469 e. The van der Waals surface area contributed by atoms with Gasteiger partial charge in [-0.25, -0.2) is 4.79 Å². The normalized spacial score (nSPS) is 13.1. The molecule has 0 aromatic rings. The van der Waals surface area contributed by atoms with Crippen LogP contribution in [0, 0.1) is 5.92 Å². The maximum atomic E-state index is 11.9. The molecule has 0 unspecified atom stereocenters. The van der Waals surface area contributed by atoms with E-state index in [0.29, 0.717) is 0 Å². The molecule has 1 atom stereocenters. The van der Waals surface area contributed by atoms with E-state index >= 15 is 0 Å². The van der Waals surface area contributed by atoms with E-state index in [1.165, 1.54) is 12.0 Å². The summed E-state index contributed by atoms with van der Waals surface area (Å²) in [5, 5.41) is 0. The zero-order chi connectivity index (χ0) is 14.5. The Morgan fingerprint density at radius 3 is 2.06 bits per heavy atom. The average molecular weight is 259 g/mol. The maximum absolute atomic E-state index is 11.9. The fourth-order valence-electron chi connectivity index (χ4n) is 1.54. The molecule has 0 bridgehead atoms. The molecule has 106 valence electrons. The lowest BCUT2D eigenvalue weighted by Crippen LogP contribution is -2.44. The highest BCUT2D eigenvalue weighted by Gasteiger charge is 2.29. The summed E-state index contributed by atoms with van der Waals surface area (Å²) in [6.07, 6.45) is -0.255. The minimum absolute atomic E-state index is 0.140. The molecule has 0 heterocycles. The fourth-order valence-corrected chi connectivity index (χ4v) is 1.54. The van der Waals surface area contributed by atoms with Crippen molar-refractivity contribution in [1.82, 2.24) is 4.90 Å². The van der Waals surface area contributed by atoms with Crippen LogP contribution in [-0.2, 0) is 14.3 Å². The number of amides is 1. The predicted molar refractivity (Wildman–Crippen MR) is 69.3 cm³/mol. The minimum atomic E-state index is -0.544. The van der Waals surface area contributed by atoms with Crippen molar-refractivity contribution in [2.75, 3.05) is 14.2 Å². The molecule has 0 aliphatic carbocycles. The van der Waals surface area contributed by atoms with Crippen molar-refractivity contribution in [3.63, 3.8) is 0 Å². The number of carbonyl (C=O) groups is 2. The molecule has 0 aromatic carbocycles. The number of hydrogen-bond donors (Lipinski definition) is 0. The van der Waals surface area contributed by atoms with Gasteiger partial charge in [0.1, 0.15) is 5.60 Å². The number of nitrogens with zero attached hydrogens (tertiary/aromatic N) is 1. The van der Waals surface area contributed by atoms with Crippen LogP contribution in [0.1, 0.15) is 41.0 Å². The van der Waals surface area contributed by atoms with Crippen LogP contribution < -0.4 is 0 Å². The largest absolute Gasteiger partial charge is 0.469 e. The number of esters is 1. The summed E-state index contributed by atoms with van der Waals surface area (Å²) < 4.78 is 9.92. The second kappa shape index (κ2) is 6.61. The van der Waals surface area contributed by atoms with Crippen LogP contribution in [-0.4, -0.2) is 42.8 Å². The van der Waals surface area contributed by atoms with Gasteiger partial charge in [0.25, 0.3) is 0 Å². The van der Waals surface area contributed by atoms with Gasteiger partial charge in [0, 0.05) is 13.1 Å². The topological polar surface area (TPSA) is 55.8 Å². The van der Waals surface area contributed by atoms with Crippen molar-refractivity contribution < 1.29 is 19.1 Å². The van der Waals surface area contributed by atoms with Gasteiger partial charge in [-0.05, 0) is 26.7 Å². The zero-order valence-corrected chi connectivity index (χ0v) is 12.4. The van der Waals surface area contributed by atoms with E-state index in [-0.39, 0.29) is 24.3 Å². The molecule has 0 saturated carbocycles. The Kier molecular flexibility index (Phi) is 6.15. The van der Waals surface area contributed by atoms with Crippen LogP contribution in [0.5, 0.6) is 0 Å². The summed E-state index contributed by atoms with van der Waals surface area (Å²) in [6.45, 7) is 9.33. The molecular formula is C13H25NO4. The van der Waals surface area contributed by atoms with E-state index in [1.807, 2.05) is 34.6 Å². The smallest absolute Gasteiger partial charge is 0.410 e. The average Bonchev–Trinajstić information content (AvgIpc) is 2.21. The van der Waals surface area contributed by atoms with Crippen molar-refractivity contribution in [3.8, 4) is 0 Å². The van der Waals surface area contributed by atoms with E-state index in [0.717, 1.165) is 0 Å². The molecule has 5 heteroatoms. The van der Waals surface area contributed by atoms with E-state index < -0.39 is 11.7 Å². The highest BCUT2D eigenvalue weighted by atomic mass is 16.6. The standard InChI is InChI=1S/C13H25NO4/c1-9(2)10(8-11(15)17-7)14(6)12(16)18-13(3,4)5/h9-10H,8H2,1-7H3/t10-/m1/s1. The molecule has 0 N–H and O–H groups in total. The summed E-state index contributed by atoms with van der Waals surface area (Å²) in [5.41, 5.74) is -0.544. The first-order chi connectivity index (χ1) is 8.08. The predicted octanol–water partition coefficient (Wildman–Crippen LogP) is 2.44. The van der Waals surface area contributed by atoms with Gasteiger partial charge in [0.15, 0.2) is 0 Å². The number of carbonyl (C=O) groups excluding carboxylic acids is 2. The van der Waals surface area contributed by atoms with Crippen LogP contribution in [0.25, 0.3) is 0 Å². The third-order valence-electron chi connectivity index (χ3n) is 2.55. The van der Waals surface area contributed by atoms with E-state index in [4.69, 9.17) is 4.74 Å². The summed E-state index contributed by atoms with van der Waals surface area (Å²) in [6, 6.07) is -0.229. The first-order valence-electron chi connectivity index (χ1n) is 6.11. The summed E-state index contributed by atoms with van der Waals surface area (Å²) in [5.74, 6) is -0.189. The van der Waals surface area contributed by atoms with Crippen LogP contribution in [0.15, 0.2) is 0 Å². The highest BCUT2D eigenvalue weighted by Crippen LogP contribution is 2.17. The van der Waals surface area contributed by atoms with E-state index in [9.17, 15) is 9.59 Å². The molecule has 5 nitrogen and oxygen atoms in total. The third-order valence-corrected chi connectivity index (χ3v) is 2.55. The first-order valence-corrected chi connectivity index (χ1v) is 6.11.